The smallest absolute Gasteiger partial charge is 0.418 e. The molecular weight excluding hydrogens is 444 g/mol. The molecule has 7 nitrogen and oxygen atoms in total. The predicted molar refractivity (Wildman–Crippen MR) is 107 cm³/mol. The van der Waals surface area contributed by atoms with Crippen LogP contribution in [0, 0.1) is 10.2 Å². The van der Waals surface area contributed by atoms with Crippen molar-refractivity contribution in [2.45, 2.75) is 0 Å². The first-order valence-corrected chi connectivity index (χ1v) is 10.9. The maximum atomic E-state index is 9.72. The molecule has 0 bridgehead atoms. The highest BCUT2D eigenvalue weighted by Gasteiger charge is 2.24. The van der Waals surface area contributed by atoms with Gasteiger partial charge in [-0.3, -0.25) is 0 Å². The summed E-state index contributed by atoms with van der Waals surface area (Å²) in [5.74, 6) is 1.06. The Morgan fingerprint density at radius 3 is 2.23 bits per heavy atom. The van der Waals surface area contributed by atoms with Crippen molar-refractivity contribution in [1.82, 2.24) is 0 Å². The zero-order valence-corrected chi connectivity index (χ0v) is 17.8. The predicted octanol–water partition coefficient (Wildman–Crippen LogP) is 1.32. The van der Waals surface area contributed by atoms with Gasteiger partial charge in [-0.2, -0.15) is 4.42 Å². The van der Waals surface area contributed by atoms with Crippen LogP contribution in [0.15, 0.2) is 77.2 Å². The van der Waals surface area contributed by atoms with Gasteiger partial charge in [-0.1, -0.05) is 42.5 Å². The largest absolute Gasteiger partial charge is 0.508 e. The molecule has 0 unspecified atom stereocenters. The first kappa shape index (κ1) is 22.7. The minimum Gasteiger partial charge on any atom is -0.508 e. The fourth-order valence-electron chi connectivity index (χ4n) is 2.74. The lowest BCUT2D eigenvalue weighted by Crippen LogP contribution is -2.68. The molecule has 0 amide bonds. The van der Waals surface area contributed by atoms with Gasteiger partial charge in [-0.25, -0.2) is 18.6 Å². The lowest BCUT2D eigenvalue weighted by Gasteiger charge is -2.17. The van der Waals surface area contributed by atoms with Crippen molar-refractivity contribution < 1.29 is 43.1 Å². The molecule has 4 aromatic rings. The van der Waals surface area contributed by atoms with Crippen LogP contribution < -0.4 is 23.4 Å². The quantitative estimate of drug-likeness (QED) is 0.358. The molecule has 0 saturated heterocycles. The van der Waals surface area contributed by atoms with Crippen molar-refractivity contribution in [2.75, 3.05) is 7.11 Å². The Morgan fingerprint density at radius 2 is 1.61 bits per heavy atom. The van der Waals surface area contributed by atoms with Crippen molar-refractivity contribution in [2.24, 2.45) is 0 Å². The average molecular weight is 461 g/mol. The summed E-state index contributed by atoms with van der Waals surface area (Å²) in [5.41, 5.74) is 3.89. The van der Waals surface area contributed by atoms with Gasteiger partial charge in [0.05, 0.1) is 12.7 Å². The second-order valence-electron chi connectivity index (χ2n) is 6.20. The van der Waals surface area contributed by atoms with Crippen molar-refractivity contribution in [3.8, 4) is 11.5 Å². The molecule has 0 radical (unpaired) electrons. The number of fused-ring (bicyclic) bond motifs is 1. The van der Waals surface area contributed by atoms with E-state index in [9.17, 15) is 5.11 Å². The van der Waals surface area contributed by atoms with Crippen LogP contribution in [0.2, 0.25) is 0 Å². The van der Waals surface area contributed by atoms with Gasteiger partial charge in [-0.15, -0.1) is 10.2 Å². The molecule has 0 atom stereocenters. The molecule has 9 heteroatoms. The SMILES string of the molecule is COc1ccc(/C=C(\c2ccccc2)c2[o+]c3ccc(O)cc3s2)cc1.[O-][Cl+3]([O-])([O-])[O-]. The summed E-state index contributed by atoms with van der Waals surface area (Å²) in [5, 5.41) is 10.5. The molecule has 0 aliphatic carbocycles. The van der Waals surface area contributed by atoms with Gasteiger partial charge in [0.25, 0.3) is 0 Å². The molecule has 4 rings (SSSR count). The van der Waals surface area contributed by atoms with E-state index in [1.165, 1.54) is 11.3 Å². The Labute approximate surface area is 184 Å². The summed E-state index contributed by atoms with van der Waals surface area (Å²) in [7, 11) is -3.29. The summed E-state index contributed by atoms with van der Waals surface area (Å²) in [6.07, 6.45) is 2.10. The third kappa shape index (κ3) is 6.76. The molecule has 0 aliphatic rings. The van der Waals surface area contributed by atoms with E-state index in [-0.39, 0.29) is 5.75 Å². The molecule has 1 heterocycles. The number of benzene rings is 3. The van der Waals surface area contributed by atoms with E-state index in [1.54, 1.807) is 25.3 Å². The Kier molecular flexibility index (Phi) is 7.24. The second-order valence-corrected chi connectivity index (χ2v) is 7.97. The number of aromatic hydroxyl groups is 1. The number of ether oxygens (including phenoxy) is 1. The number of halogens is 1. The van der Waals surface area contributed by atoms with Crippen molar-refractivity contribution >= 4 is 33.3 Å². The van der Waals surface area contributed by atoms with E-state index in [4.69, 9.17) is 27.8 Å². The lowest BCUT2D eigenvalue weighted by molar-refractivity contribution is -2.00. The molecule has 0 spiro atoms. The van der Waals surface area contributed by atoms with Crippen LogP contribution in [0.3, 0.4) is 0 Å². The molecule has 0 saturated carbocycles. The fraction of sp³-hybridized carbons (Fsp3) is 0.0455. The minimum absolute atomic E-state index is 0.237. The summed E-state index contributed by atoms with van der Waals surface area (Å²) < 4.78 is 46.2. The topological polar surface area (TPSA) is 133 Å². The Hall–Kier alpha value is -2.98. The van der Waals surface area contributed by atoms with Gasteiger partial charge in [-0.05, 0) is 46.7 Å². The molecule has 1 N–H and O–H groups in total. The normalized spacial score (nSPS) is 11.7. The molecule has 0 aliphatic heterocycles. The van der Waals surface area contributed by atoms with E-state index in [0.717, 1.165) is 37.8 Å². The summed E-state index contributed by atoms with van der Waals surface area (Å²) >= 11 is 1.52. The fourth-order valence-corrected chi connectivity index (χ4v) is 3.74. The first-order chi connectivity index (χ1) is 14.7. The van der Waals surface area contributed by atoms with Crippen LogP contribution in [0.5, 0.6) is 11.5 Å². The van der Waals surface area contributed by atoms with Crippen LogP contribution >= 0.6 is 11.3 Å². The van der Waals surface area contributed by atoms with Gasteiger partial charge in [0, 0.05) is 12.1 Å². The highest BCUT2D eigenvalue weighted by Crippen LogP contribution is 2.36. The number of hydrogen-bond acceptors (Lipinski definition) is 7. The zero-order chi connectivity index (χ0) is 22.4. The molecule has 0 fully saturated rings. The van der Waals surface area contributed by atoms with Crippen LogP contribution in [-0.2, 0) is 0 Å². The van der Waals surface area contributed by atoms with Gasteiger partial charge in [0.1, 0.15) is 16.2 Å². The number of hydrogen-bond donors (Lipinski definition) is 1. The number of phenolic OH excluding ortho intramolecular Hbond substituents is 1. The van der Waals surface area contributed by atoms with E-state index in [1.807, 2.05) is 42.5 Å². The maximum absolute atomic E-state index is 9.72. The van der Waals surface area contributed by atoms with Crippen molar-refractivity contribution in [1.29, 1.82) is 0 Å². The summed E-state index contributed by atoms with van der Waals surface area (Å²) in [4.78, 5) is 0. The van der Waals surface area contributed by atoms with E-state index < -0.39 is 10.2 Å². The van der Waals surface area contributed by atoms with Gasteiger partial charge in [0.2, 0.25) is 0 Å². The summed E-state index contributed by atoms with van der Waals surface area (Å²) in [6.45, 7) is 0. The molecule has 3 aromatic carbocycles. The second kappa shape index (κ2) is 9.88. The molecule has 1 aromatic heterocycles. The lowest BCUT2D eigenvalue weighted by atomic mass is 10.0. The highest BCUT2D eigenvalue weighted by molar-refractivity contribution is 7.19. The molecule has 160 valence electrons. The standard InChI is InChI=1S/C22H16O3S.ClHO4/c1-24-18-10-7-15(8-11-18)13-19(16-5-3-2-4-6-16)22-25-20-12-9-17(23)14-21(20)26-22;2-1(3,4)5/h2-14H,1H3;(H,2,3,4,5)/b19-13+;. The zero-order valence-electron chi connectivity index (χ0n) is 16.2. The van der Waals surface area contributed by atoms with Crippen LogP contribution in [-0.4, -0.2) is 12.2 Å². The molecule has 31 heavy (non-hydrogen) atoms. The van der Waals surface area contributed by atoms with E-state index >= 15 is 0 Å². The van der Waals surface area contributed by atoms with Crippen molar-refractivity contribution in [3.05, 3.63) is 89.0 Å². The maximum Gasteiger partial charge on any atom is 0.418 e. The average Bonchev–Trinajstić information content (AvgIpc) is 3.14. The van der Waals surface area contributed by atoms with Crippen LogP contribution in [0.4, 0.5) is 0 Å². The monoisotopic (exact) mass is 460 g/mol. The Bertz CT molecular complexity index is 1160. The van der Waals surface area contributed by atoms with Gasteiger partial charge >= 0.3 is 10.7 Å². The first-order valence-electron chi connectivity index (χ1n) is 8.82. The van der Waals surface area contributed by atoms with Crippen LogP contribution in [0.25, 0.3) is 21.9 Å². The van der Waals surface area contributed by atoms with E-state index in [0.29, 0.717) is 0 Å². The summed E-state index contributed by atoms with van der Waals surface area (Å²) in [6, 6.07) is 23.2. The minimum atomic E-state index is -4.94. The van der Waals surface area contributed by atoms with Crippen molar-refractivity contribution in [3.63, 3.8) is 0 Å². The Balaban J connectivity index is 0.000000491. The third-order valence-corrected chi connectivity index (χ3v) is 5.09. The van der Waals surface area contributed by atoms with Gasteiger partial charge in [0.15, 0.2) is 0 Å². The number of rotatable bonds is 4. The Morgan fingerprint density at radius 1 is 0.968 bits per heavy atom. The van der Waals surface area contributed by atoms with Crippen LogP contribution in [0.1, 0.15) is 16.2 Å². The van der Waals surface area contributed by atoms with E-state index in [2.05, 4.69) is 18.2 Å². The number of methoxy groups -OCH3 is 1. The molecular formula is C22H17ClO7S. The third-order valence-electron chi connectivity index (χ3n) is 4.06. The van der Waals surface area contributed by atoms with Gasteiger partial charge < -0.3 is 9.84 Å². The number of phenols is 1. The highest BCUT2D eigenvalue weighted by atomic mass is 35.7.